The maximum atomic E-state index is 12.1. The van der Waals surface area contributed by atoms with E-state index in [4.69, 9.17) is 9.47 Å². The SMILES string of the molecule is CCOc1ccc(S(=O)(=O)N/N=C/c2ccc(O)c(OC)c2)cc1. The first kappa shape index (κ1) is 17.6. The summed E-state index contributed by atoms with van der Waals surface area (Å²) in [4.78, 5) is 2.20. The van der Waals surface area contributed by atoms with Gasteiger partial charge in [0.1, 0.15) is 5.75 Å². The molecule has 0 aromatic heterocycles. The van der Waals surface area contributed by atoms with E-state index in [0.29, 0.717) is 17.9 Å². The van der Waals surface area contributed by atoms with Crippen LogP contribution in [0.5, 0.6) is 17.2 Å². The Kier molecular flexibility index (Phi) is 5.64. The van der Waals surface area contributed by atoms with Gasteiger partial charge in [-0.1, -0.05) is 0 Å². The van der Waals surface area contributed by atoms with E-state index in [-0.39, 0.29) is 16.4 Å². The summed E-state index contributed by atoms with van der Waals surface area (Å²) >= 11 is 0. The lowest BCUT2D eigenvalue weighted by molar-refractivity contribution is 0.340. The first-order valence-electron chi connectivity index (χ1n) is 7.11. The Labute approximate surface area is 140 Å². The Morgan fingerprint density at radius 3 is 2.54 bits per heavy atom. The van der Waals surface area contributed by atoms with E-state index >= 15 is 0 Å². The number of sulfonamides is 1. The number of benzene rings is 2. The fourth-order valence-corrected chi connectivity index (χ4v) is 2.67. The average Bonchev–Trinajstić information content (AvgIpc) is 2.57. The molecule has 0 spiro atoms. The Morgan fingerprint density at radius 2 is 1.92 bits per heavy atom. The van der Waals surface area contributed by atoms with Gasteiger partial charge in [0.25, 0.3) is 10.0 Å². The largest absolute Gasteiger partial charge is 0.504 e. The number of hydrogen-bond acceptors (Lipinski definition) is 6. The number of rotatable bonds is 7. The summed E-state index contributed by atoms with van der Waals surface area (Å²) in [6.07, 6.45) is 1.31. The fourth-order valence-electron chi connectivity index (χ4n) is 1.88. The van der Waals surface area contributed by atoms with Crippen LogP contribution in [0.1, 0.15) is 12.5 Å². The van der Waals surface area contributed by atoms with Crippen molar-refractivity contribution in [1.29, 1.82) is 0 Å². The molecule has 0 saturated carbocycles. The van der Waals surface area contributed by atoms with Crippen LogP contribution in [0.25, 0.3) is 0 Å². The third-order valence-electron chi connectivity index (χ3n) is 3.04. The van der Waals surface area contributed by atoms with Crippen LogP contribution in [0.3, 0.4) is 0 Å². The van der Waals surface area contributed by atoms with Crippen LogP contribution in [-0.4, -0.2) is 33.5 Å². The molecule has 0 fully saturated rings. The van der Waals surface area contributed by atoms with Crippen LogP contribution in [0.15, 0.2) is 52.5 Å². The molecule has 0 aliphatic carbocycles. The molecule has 2 aromatic rings. The minimum Gasteiger partial charge on any atom is -0.504 e. The van der Waals surface area contributed by atoms with Crippen molar-refractivity contribution in [3.63, 3.8) is 0 Å². The highest BCUT2D eigenvalue weighted by atomic mass is 32.2. The van der Waals surface area contributed by atoms with Gasteiger partial charge in [-0.3, -0.25) is 0 Å². The summed E-state index contributed by atoms with van der Waals surface area (Å²) in [5.41, 5.74) is 0.569. The highest BCUT2D eigenvalue weighted by Crippen LogP contribution is 2.25. The number of hydrazone groups is 1. The van der Waals surface area contributed by atoms with Gasteiger partial charge in [0, 0.05) is 0 Å². The summed E-state index contributed by atoms with van der Waals surface area (Å²) in [5.74, 6) is 0.856. The first-order chi connectivity index (χ1) is 11.5. The average molecular weight is 350 g/mol. The lowest BCUT2D eigenvalue weighted by Crippen LogP contribution is -2.18. The lowest BCUT2D eigenvalue weighted by Gasteiger charge is -2.06. The number of methoxy groups -OCH3 is 1. The van der Waals surface area contributed by atoms with Crippen LogP contribution in [0, 0.1) is 0 Å². The Morgan fingerprint density at radius 1 is 1.21 bits per heavy atom. The summed E-state index contributed by atoms with van der Waals surface area (Å²) in [5, 5.41) is 13.2. The van der Waals surface area contributed by atoms with Crippen LogP contribution >= 0.6 is 0 Å². The van der Waals surface area contributed by atoms with Gasteiger partial charge in [-0.05, 0) is 55.0 Å². The number of ether oxygens (including phenoxy) is 2. The highest BCUT2D eigenvalue weighted by Gasteiger charge is 2.12. The highest BCUT2D eigenvalue weighted by molar-refractivity contribution is 7.89. The Balaban J connectivity index is 2.09. The smallest absolute Gasteiger partial charge is 0.276 e. The quantitative estimate of drug-likeness (QED) is 0.589. The van der Waals surface area contributed by atoms with Crippen molar-refractivity contribution >= 4 is 16.2 Å². The normalized spacial score (nSPS) is 11.4. The van der Waals surface area contributed by atoms with E-state index in [1.165, 1.54) is 37.6 Å². The molecular formula is C16H18N2O5S. The Hall–Kier alpha value is -2.74. The van der Waals surface area contributed by atoms with Gasteiger partial charge in [-0.2, -0.15) is 13.5 Å². The van der Waals surface area contributed by atoms with Crippen molar-refractivity contribution in [2.75, 3.05) is 13.7 Å². The molecule has 24 heavy (non-hydrogen) atoms. The minimum absolute atomic E-state index is 0.00961. The summed E-state index contributed by atoms with van der Waals surface area (Å²) < 4.78 is 34.5. The standard InChI is InChI=1S/C16H18N2O5S/c1-3-23-13-5-7-14(8-6-13)24(20,21)18-17-11-12-4-9-15(19)16(10-12)22-2/h4-11,18-19H,3H2,1-2H3/b17-11+. The third kappa shape index (κ3) is 4.39. The molecule has 8 heteroatoms. The van der Waals surface area contributed by atoms with Gasteiger partial charge >= 0.3 is 0 Å². The molecule has 0 bridgehead atoms. The van der Waals surface area contributed by atoms with E-state index in [1.54, 1.807) is 18.2 Å². The second-order valence-corrected chi connectivity index (χ2v) is 6.35. The minimum atomic E-state index is -3.77. The van der Waals surface area contributed by atoms with Crippen molar-refractivity contribution < 1.29 is 23.0 Å². The van der Waals surface area contributed by atoms with Gasteiger partial charge in [-0.25, -0.2) is 4.83 Å². The van der Waals surface area contributed by atoms with E-state index < -0.39 is 10.0 Å². The molecule has 2 N–H and O–H groups in total. The molecule has 0 unspecified atom stereocenters. The number of nitrogens with zero attached hydrogens (tertiary/aromatic N) is 1. The molecule has 0 atom stereocenters. The zero-order chi connectivity index (χ0) is 17.6. The molecule has 2 aromatic carbocycles. The van der Waals surface area contributed by atoms with Crippen molar-refractivity contribution in [2.45, 2.75) is 11.8 Å². The number of nitrogens with one attached hydrogen (secondary N) is 1. The van der Waals surface area contributed by atoms with Crippen molar-refractivity contribution in [3.05, 3.63) is 48.0 Å². The molecule has 2 rings (SSSR count). The Bertz CT molecular complexity index is 817. The second kappa shape index (κ2) is 7.69. The predicted molar refractivity (Wildman–Crippen MR) is 90.2 cm³/mol. The van der Waals surface area contributed by atoms with Crippen molar-refractivity contribution in [1.82, 2.24) is 4.83 Å². The van der Waals surface area contributed by atoms with E-state index in [0.717, 1.165) is 0 Å². The van der Waals surface area contributed by atoms with Crippen LogP contribution in [0.4, 0.5) is 0 Å². The molecular weight excluding hydrogens is 332 g/mol. The zero-order valence-corrected chi connectivity index (χ0v) is 14.1. The maximum absolute atomic E-state index is 12.1. The van der Waals surface area contributed by atoms with E-state index in [1.807, 2.05) is 6.92 Å². The molecule has 0 amide bonds. The van der Waals surface area contributed by atoms with Crippen LogP contribution < -0.4 is 14.3 Å². The molecule has 0 aliphatic heterocycles. The second-order valence-electron chi connectivity index (χ2n) is 4.69. The monoisotopic (exact) mass is 350 g/mol. The van der Waals surface area contributed by atoms with Gasteiger partial charge in [-0.15, -0.1) is 0 Å². The zero-order valence-electron chi connectivity index (χ0n) is 13.3. The molecule has 128 valence electrons. The maximum Gasteiger partial charge on any atom is 0.276 e. The topological polar surface area (TPSA) is 97.2 Å². The van der Waals surface area contributed by atoms with Crippen LogP contribution in [0.2, 0.25) is 0 Å². The van der Waals surface area contributed by atoms with Crippen LogP contribution in [-0.2, 0) is 10.0 Å². The van der Waals surface area contributed by atoms with E-state index in [9.17, 15) is 13.5 Å². The predicted octanol–water partition coefficient (Wildman–Crippen LogP) is 2.11. The molecule has 0 aliphatic rings. The number of phenolic OH excluding ortho intramolecular Hbond substituents is 1. The summed E-state index contributed by atoms with van der Waals surface area (Å²) in [6, 6.07) is 10.6. The molecule has 0 heterocycles. The summed E-state index contributed by atoms with van der Waals surface area (Å²) in [6.45, 7) is 2.35. The lowest BCUT2D eigenvalue weighted by atomic mass is 10.2. The summed E-state index contributed by atoms with van der Waals surface area (Å²) in [7, 11) is -2.35. The number of hydrogen-bond donors (Lipinski definition) is 2. The molecule has 0 saturated heterocycles. The van der Waals surface area contributed by atoms with E-state index in [2.05, 4.69) is 9.93 Å². The van der Waals surface area contributed by atoms with Crippen molar-refractivity contribution in [2.24, 2.45) is 5.10 Å². The number of phenols is 1. The van der Waals surface area contributed by atoms with Gasteiger partial charge in [0.05, 0.1) is 24.8 Å². The third-order valence-corrected chi connectivity index (χ3v) is 4.27. The number of aromatic hydroxyl groups is 1. The molecule has 7 nitrogen and oxygen atoms in total. The van der Waals surface area contributed by atoms with Gasteiger partial charge in [0.2, 0.25) is 0 Å². The molecule has 0 radical (unpaired) electrons. The van der Waals surface area contributed by atoms with Gasteiger partial charge in [0.15, 0.2) is 11.5 Å². The van der Waals surface area contributed by atoms with Gasteiger partial charge < -0.3 is 14.6 Å². The first-order valence-corrected chi connectivity index (χ1v) is 8.59. The van der Waals surface area contributed by atoms with Crippen molar-refractivity contribution in [3.8, 4) is 17.2 Å². The fraction of sp³-hybridized carbons (Fsp3) is 0.188.